The standard InChI is InChI=1S/C32H22N4O13S3.2Cu.3Na/c37-26-12-16(5-9-23(26)33-35-25-15-28(51(44,45)46)21-3-1-2-4-22(21)31(25)39)17-6-10-24(27(38)13-17)34-36-30-20-8-7-19(50(41,42)43)11-18(20)14-29(32(30)40)52(47,48)49;;;;;/h1-15,37-40H,(H,41,42,43)(H,44,45,46)(H,47,48,49);;;;;/q;2*+2;3*+1/p-7. The summed E-state index contributed by atoms with van der Waals surface area (Å²) in [6, 6.07) is 16.6. The Kier molecular flexibility index (Phi) is 19.1. The number of fused-ring (bicyclic) bond motifs is 2. The van der Waals surface area contributed by atoms with E-state index in [9.17, 15) is 59.3 Å². The first kappa shape index (κ1) is 53.0. The maximum atomic E-state index is 12.9. The van der Waals surface area contributed by atoms with Crippen molar-refractivity contribution in [2.45, 2.75) is 14.7 Å². The summed E-state index contributed by atoms with van der Waals surface area (Å²) in [6.45, 7) is 0. The maximum absolute atomic E-state index is 12.9. The molecule has 0 unspecified atom stereocenters. The summed E-state index contributed by atoms with van der Waals surface area (Å²) in [5.41, 5.74) is -1.47. The van der Waals surface area contributed by atoms with E-state index in [-0.39, 0.29) is 167 Å². The number of azo groups is 2. The Morgan fingerprint density at radius 1 is 0.439 bits per heavy atom. The van der Waals surface area contributed by atoms with Gasteiger partial charge in [-0.1, -0.05) is 77.6 Å². The number of benzene rings is 6. The van der Waals surface area contributed by atoms with Crippen LogP contribution >= 0.6 is 0 Å². The summed E-state index contributed by atoms with van der Waals surface area (Å²) in [5, 5.41) is 65.7. The molecule has 0 bridgehead atoms. The van der Waals surface area contributed by atoms with Crippen LogP contribution in [0.4, 0.5) is 22.7 Å². The van der Waals surface area contributed by atoms with Crippen LogP contribution in [-0.2, 0) is 64.5 Å². The van der Waals surface area contributed by atoms with Crippen molar-refractivity contribution in [2.24, 2.45) is 20.5 Å². The average Bonchev–Trinajstić information content (AvgIpc) is 3.06. The predicted octanol–water partition coefficient (Wildman–Crippen LogP) is -5.50. The molecule has 0 saturated carbocycles. The molecule has 25 heteroatoms. The van der Waals surface area contributed by atoms with Gasteiger partial charge in [-0.25, -0.2) is 25.3 Å². The van der Waals surface area contributed by atoms with Crippen molar-refractivity contribution in [3.63, 3.8) is 0 Å². The number of hydrogen-bond acceptors (Lipinski definition) is 17. The molecule has 0 spiro atoms. The molecule has 0 N–H and O–H groups in total. The van der Waals surface area contributed by atoms with Crippen molar-refractivity contribution in [3.05, 3.63) is 91.0 Å². The number of nitrogens with zero attached hydrogens (tertiary/aromatic N) is 4. The first-order valence-electron chi connectivity index (χ1n) is 14.2. The van der Waals surface area contributed by atoms with Gasteiger partial charge in [-0.05, 0) is 63.7 Å². The molecule has 0 fully saturated rings. The van der Waals surface area contributed by atoms with Gasteiger partial charge in [0.05, 0.1) is 32.5 Å². The van der Waals surface area contributed by atoms with Gasteiger partial charge in [0, 0.05) is 10.3 Å². The van der Waals surface area contributed by atoms with Gasteiger partial charge in [0.1, 0.15) is 30.4 Å². The molecule has 0 aromatic heterocycles. The second-order valence-corrected chi connectivity index (χ2v) is 14.9. The van der Waals surface area contributed by atoms with E-state index in [1.807, 2.05) is 0 Å². The van der Waals surface area contributed by atoms with Crippen molar-refractivity contribution in [1.29, 1.82) is 0 Å². The Balaban J connectivity index is 0.00000325. The maximum Gasteiger partial charge on any atom is 2.00 e. The van der Waals surface area contributed by atoms with Crippen LogP contribution in [0.1, 0.15) is 0 Å². The van der Waals surface area contributed by atoms with Crippen molar-refractivity contribution in [3.8, 4) is 34.1 Å². The number of rotatable bonds is 8. The van der Waals surface area contributed by atoms with Crippen molar-refractivity contribution in [1.82, 2.24) is 0 Å². The summed E-state index contributed by atoms with van der Waals surface area (Å²) < 4.78 is 105. The van der Waals surface area contributed by atoms with Crippen LogP contribution in [0.5, 0.6) is 23.0 Å². The van der Waals surface area contributed by atoms with Crippen molar-refractivity contribution < 1.29 is 182 Å². The fourth-order valence-corrected chi connectivity index (χ4v) is 6.91. The summed E-state index contributed by atoms with van der Waals surface area (Å²) in [4.78, 5) is -2.77. The zero-order valence-electron chi connectivity index (χ0n) is 29.1. The molecule has 284 valence electrons. The molecule has 0 aliphatic heterocycles. The second kappa shape index (κ2) is 20.5. The quantitative estimate of drug-likeness (QED) is 0.0782. The van der Waals surface area contributed by atoms with E-state index < -0.39 is 79.4 Å². The van der Waals surface area contributed by atoms with Gasteiger partial charge in [0.25, 0.3) is 0 Å². The minimum atomic E-state index is -5.40. The molecular weight excluding hydrogens is 941 g/mol. The van der Waals surface area contributed by atoms with E-state index in [0.29, 0.717) is 6.07 Å². The van der Waals surface area contributed by atoms with E-state index in [4.69, 9.17) is 0 Å². The van der Waals surface area contributed by atoms with Gasteiger partial charge in [-0.15, -0.1) is 0 Å². The minimum absolute atomic E-state index is 0. The molecule has 0 saturated heterocycles. The third-order valence-corrected chi connectivity index (χ3v) is 10.1. The smallest absolute Gasteiger partial charge is 0.871 e. The van der Waals surface area contributed by atoms with Crippen LogP contribution in [-0.4, -0.2) is 38.9 Å². The summed E-state index contributed by atoms with van der Waals surface area (Å²) >= 11 is 0. The van der Waals surface area contributed by atoms with E-state index in [1.54, 1.807) is 0 Å². The molecule has 0 amide bonds. The molecule has 57 heavy (non-hydrogen) atoms. The van der Waals surface area contributed by atoms with Crippen LogP contribution < -0.4 is 109 Å². The van der Waals surface area contributed by atoms with Crippen LogP contribution in [0.2, 0.25) is 0 Å². The molecule has 0 aliphatic carbocycles. The fraction of sp³-hybridized carbons (Fsp3) is 0. The van der Waals surface area contributed by atoms with Crippen molar-refractivity contribution >= 4 is 74.6 Å². The largest absolute Gasteiger partial charge is 2.00 e. The molecular formula is C32H15Cu2N4Na3O13S3. The summed E-state index contributed by atoms with van der Waals surface area (Å²) in [6.07, 6.45) is 0. The molecule has 6 aromatic rings. The molecule has 0 atom stereocenters. The molecule has 6 rings (SSSR count). The zero-order valence-corrected chi connectivity index (χ0v) is 39.4. The Hall–Kier alpha value is -1.99. The van der Waals surface area contributed by atoms with Crippen LogP contribution in [0.15, 0.2) is 126 Å². The molecule has 6 aromatic carbocycles. The van der Waals surface area contributed by atoms with Gasteiger partial charge in [-0.2, -0.15) is 20.5 Å². The summed E-state index contributed by atoms with van der Waals surface area (Å²) in [5.74, 6) is -3.64. The average molecular weight is 956 g/mol. The van der Waals surface area contributed by atoms with E-state index in [2.05, 4.69) is 20.5 Å². The second-order valence-electron chi connectivity index (χ2n) is 10.8. The molecule has 0 heterocycles. The predicted molar refractivity (Wildman–Crippen MR) is 170 cm³/mol. The van der Waals surface area contributed by atoms with Crippen LogP contribution in [0.3, 0.4) is 0 Å². The third kappa shape index (κ3) is 11.6. The Morgan fingerprint density at radius 3 is 1.42 bits per heavy atom. The fourth-order valence-electron chi connectivity index (χ4n) is 5.11. The van der Waals surface area contributed by atoms with Crippen LogP contribution in [0, 0.1) is 0 Å². The van der Waals surface area contributed by atoms with E-state index in [1.165, 1.54) is 42.5 Å². The van der Waals surface area contributed by atoms with Crippen LogP contribution in [0.25, 0.3) is 32.7 Å². The van der Waals surface area contributed by atoms with Gasteiger partial charge >= 0.3 is 123 Å². The Bertz CT molecular complexity index is 2910. The SMILES string of the molecule is O=S(=O)([O-])c1ccc2c(N=Nc3ccc(-c4ccc(N=Nc5cc(S(=O)(=O)[O-])c6ccccc6c5[O-])c([O-])c4)cc3[O-])c([O-])c(S(=O)(=O)[O-])cc2c1.[Cu+2].[Cu+2].[Na+].[Na+].[Na+]. The van der Waals surface area contributed by atoms with E-state index >= 15 is 0 Å². The monoisotopic (exact) mass is 954 g/mol. The summed E-state index contributed by atoms with van der Waals surface area (Å²) in [7, 11) is -15.4. The van der Waals surface area contributed by atoms with Gasteiger partial charge < -0.3 is 34.1 Å². The molecule has 17 nitrogen and oxygen atoms in total. The normalized spacial score (nSPS) is 11.6. The van der Waals surface area contributed by atoms with Gasteiger partial charge in [0.15, 0.2) is 0 Å². The van der Waals surface area contributed by atoms with Crippen molar-refractivity contribution in [2.75, 3.05) is 0 Å². The zero-order chi connectivity index (χ0) is 37.7. The first-order valence-corrected chi connectivity index (χ1v) is 18.4. The molecule has 2 radical (unpaired) electrons. The first-order chi connectivity index (χ1) is 24.3. The Labute approximate surface area is 411 Å². The minimum Gasteiger partial charge on any atom is -0.871 e. The van der Waals surface area contributed by atoms with Gasteiger partial charge in [-0.3, -0.25) is 0 Å². The molecule has 0 aliphatic rings. The Morgan fingerprint density at radius 2 is 0.930 bits per heavy atom. The van der Waals surface area contributed by atoms with Gasteiger partial charge in [0.2, 0.25) is 0 Å². The van der Waals surface area contributed by atoms with E-state index in [0.717, 1.165) is 42.5 Å². The third-order valence-electron chi connectivity index (χ3n) is 7.54. The number of hydrogen-bond donors (Lipinski definition) is 0. The topological polar surface area (TPSA) is 313 Å².